The number of guanidine groups is 1. The quantitative estimate of drug-likeness (QED) is 0.379. The molecule has 24 heavy (non-hydrogen) atoms. The summed E-state index contributed by atoms with van der Waals surface area (Å²) in [5.41, 5.74) is 7.72. The van der Waals surface area contributed by atoms with Crippen molar-refractivity contribution in [3.05, 3.63) is 60.2 Å². The van der Waals surface area contributed by atoms with Gasteiger partial charge in [-0.25, -0.2) is 0 Å². The number of rotatable bonds is 7. The highest BCUT2D eigenvalue weighted by Gasteiger charge is 2.01. The van der Waals surface area contributed by atoms with E-state index < -0.39 is 10.8 Å². The molecule has 1 atom stereocenters. The van der Waals surface area contributed by atoms with Crippen molar-refractivity contribution in [1.29, 1.82) is 0 Å². The van der Waals surface area contributed by atoms with Crippen LogP contribution in [0.2, 0.25) is 0 Å². The van der Waals surface area contributed by atoms with Gasteiger partial charge in [0.15, 0.2) is 5.96 Å². The SMILES string of the molecule is COc1ccc(NC(N)=NCCS(=O)Cc2ccccc2)cc1.I. The number of methoxy groups -OCH3 is 1. The number of hydrogen-bond donors (Lipinski definition) is 2. The fraction of sp³-hybridized carbons (Fsp3) is 0.235. The van der Waals surface area contributed by atoms with E-state index in [0.29, 0.717) is 24.0 Å². The molecule has 0 heterocycles. The highest BCUT2D eigenvalue weighted by Crippen LogP contribution is 2.14. The molecule has 0 aliphatic rings. The zero-order chi connectivity index (χ0) is 16.5. The summed E-state index contributed by atoms with van der Waals surface area (Å²) in [7, 11) is 0.674. The van der Waals surface area contributed by atoms with Crippen molar-refractivity contribution < 1.29 is 8.95 Å². The van der Waals surface area contributed by atoms with Crippen molar-refractivity contribution in [1.82, 2.24) is 0 Å². The van der Waals surface area contributed by atoms with Crippen LogP contribution in [0.4, 0.5) is 5.69 Å². The first-order chi connectivity index (χ1) is 11.2. The summed E-state index contributed by atoms with van der Waals surface area (Å²) in [5.74, 6) is 2.12. The summed E-state index contributed by atoms with van der Waals surface area (Å²) in [4.78, 5) is 4.20. The van der Waals surface area contributed by atoms with E-state index in [1.54, 1.807) is 7.11 Å². The largest absolute Gasteiger partial charge is 0.497 e. The van der Waals surface area contributed by atoms with Crippen LogP contribution in [0.1, 0.15) is 5.56 Å². The predicted molar refractivity (Wildman–Crippen MR) is 112 cm³/mol. The Bertz CT molecular complexity index is 663. The van der Waals surface area contributed by atoms with Crippen LogP contribution in [-0.4, -0.2) is 29.6 Å². The van der Waals surface area contributed by atoms with Crippen LogP contribution in [0.15, 0.2) is 59.6 Å². The van der Waals surface area contributed by atoms with E-state index >= 15 is 0 Å². The van der Waals surface area contributed by atoms with Crippen molar-refractivity contribution in [2.24, 2.45) is 10.7 Å². The number of nitrogens with zero attached hydrogens (tertiary/aromatic N) is 1. The van der Waals surface area contributed by atoms with Gasteiger partial charge in [-0.05, 0) is 29.8 Å². The second-order valence-corrected chi connectivity index (χ2v) is 6.47. The minimum atomic E-state index is -0.945. The van der Waals surface area contributed by atoms with Crippen LogP contribution in [-0.2, 0) is 16.6 Å². The van der Waals surface area contributed by atoms with E-state index in [-0.39, 0.29) is 24.0 Å². The van der Waals surface area contributed by atoms with Gasteiger partial charge in [-0.2, -0.15) is 0 Å². The lowest BCUT2D eigenvalue weighted by Crippen LogP contribution is -2.23. The van der Waals surface area contributed by atoms with E-state index in [0.717, 1.165) is 17.0 Å². The van der Waals surface area contributed by atoms with E-state index in [4.69, 9.17) is 10.5 Å². The molecular formula is C17H22IN3O2S. The average Bonchev–Trinajstić information content (AvgIpc) is 2.56. The Kier molecular flexibility index (Phi) is 9.39. The first-order valence-electron chi connectivity index (χ1n) is 7.27. The topological polar surface area (TPSA) is 76.7 Å². The maximum absolute atomic E-state index is 12.0. The molecule has 2 aromatic rings. The fourth-order valence-electron chi connectivity index (χ4n) is 1.96. The molecule has 0 fully saturated rings. The Morgan fingerprint density at radius 2 is 1.83 bits per heavy atom. The summed E-state index contributed by atoms with van der Waals surface area (Å²) < 4.78 is 17.1. The van der Waals surface area contributed by atoms with Crippen LogP contribution in [0.5, 0.6) is 5.75 Å². The number of nitrogens with one attached hydrogen (secondary N) is 1. The average molecular weight is 459 g/mol. The first kappa shape index (κ1) is 20.4. The Morgan fingerprint density at radius 1 is 1.17 bits per heavy atom. The number of halogens is 1. The zero-order valence-electron chi connectivity index (χ0n) is 13.5. The van der Waals surface area contributed by atoms with Crippen molar-refractivity contribution in [2.45, 2.75) is 5.75 Å². The molecule has 0 spiro atoms. The molecule has 2 aromatic carbocycles. The van der Waals surface area contributed by atoms with Crippen LogP contribution in [0.3, 0.4) is 0 Å². The molecule has 7 heteroatoms. The highest BCUT2D eigenvalue weighted by atomic mass is 127. The molecule has 0 radical (unpaired) electrons. The highest BCUT2D eigenvalue weighted by molar-refractivity contribution is 14.0. The second-order valence-electron chi connectivity index (χ2n) is 4.89. The third-order valence-electron chi connectivity index (χ3n) is 3.13. The lowest BCUT2D eigenvalue weighted by molar-refractivity contribution is 0.415. The minimum Gasteiger partial charge on any atom is -0.497 e. The molecule has 130 valence electrons. The van der Waals surface area contributed by atoms with Gasteiger partial charge in [-0.15, -0.1) is 24.0 Å². The van der Waals surface area contributed by atoms with E-state index in [9.17, 15) is 4.21 Å². The molecular weight excluding hydrogens is 437 g/mol. The molecule has 3 N–H and O–H groups in total. The minimum absolute atomic E-state index is 0. The summed E-state index contributed by atoms with van der Waals surface area (Å²) in [6.07, 6.45) is 0. The number of anilines is 1. The van der Waals surface area contributed by atoms with Crippen molar-refractivity contribution in [3.63, 3.8) is 0 Å². The van der Waals surface area contributed by atoms with E-state index in [1.165, 1.54) is 0 Å². The molecule has 0 saturated carbocycles. The van der Waals surface area contributed by atoms with E-state index in [2.05, 4.69) is 10.3 Å². The van der Waals surface area contributed by atoms with Crippen molar-refractivity contribution in [3.8, 4) is 5.75 Å². The van der Waals surface area contributed by atoms with Crippen molar-refractivity contribution in [2.75, 3.05) is 24.7 Å². The van der Waals surface area contributed by atoms with Gasteiger partial charge in [0.25, 0.3) is 0 Å². The summed E-state index contributed by atoms with van der Waals surface area (Å²) in [5, 5.41) is 2.99. The molecule has 0 saturated heterocycles. The Balaban J connectivity index is 0.00000288. The summed E-state index contributed by atoms with van der Waals surface area (Å²) >= 11 is 0. The molecule has 0 aliphatic heterocycles. The maximum Gasteiger partial charge on any atom is 0.193 e. The number of ether oxygens (including phenoxy) is 1. The van der Waals surface area contributed by atoms with Crippen LogP contribution in [0.25, 0.3) is 0 Å². The number of nitrogens with two attached hydrogens (primary N) is 1. The number of hydrogen-bond acceptors (Lipinski definition) is 3. The third-order valence-corrected chi connectivity index (χ3v) is 4.43. The molecule has 0 amide bonds. The van der Waals surface area contributed by atoms with Crippen LogP contribution in [0, 0.1) is 0 Å². The summed E-state index contributed by atoms with van der Waals surface area (Å²) in [6.45, 7) is 0.425. The lowest BCUT2D eigenvalue weighted by atomic mass is 10.2. The van der Waals surface area contributed by atoms with Crippen molar-refractivity contribution >= 4 is 46.4 Å². The van der Waals surface area contributed by atoms with Crippen LogP contribution >= 0.6 is 24.0 Å². The molecule has 1 unspecified atom stereocenters. The van der Waals surface area contributed by atoms with Gasteiger partial charge in [0.2, 0.25) is 0 Å². The molecule has 5 nitrogen and oxygen atoms in total. The maximum atomic E-state index is 12.0. The third kappa shape index (κ3) is 7.31. The smallest absolute Gasteiger partial charge is 0.193 e. The predicted octanol–water partition coefficient (Wildman–Crippen LogP) is 2.99. The normalized spacial score (nSPS) is 12.1. The summed E-state index contributed by atoms with van der Waals surface area (Å²) in [6, 6.07) is 17.2. The Morgan fingerprint density at radius 3 is 2.46 bits per heavy atom. The van der Waals surface area contributed by atoms with Gasteiger partial charge >= 0.3 is 0 Å². The Labute approximate surface area is 162 Å². The fourth-order valence-corrected chi connectivity index (χ4v) is 2.97. The molecule has 0 aliphatic carbocycles. The lowest BCUT2D eigenvalue weighted by Gasteiger charge is -2.06. The first-order valence-corrected chi connectivity index (χ1v) is 8.76. The molecule has 0 aromatic heterocycles. The molecule has 2 rings (SSSR count). The zero-order valence-corrected chi connectivity index (χ0v) is 16.6. The second kappa shape index (κ2) is 11.0. The van der Waals surface area contributed by atoms with Gasteiger partial charge in [0.1, 0.15) is 5.75 Å². The van der Waals surface area contributed by atoms with E-state index in [1.807, 2.05) is 54.6 Å². The standard InChI is InChI=1S/C17H21N3O2S.HI/c1-22-16-9-7-15(8-10-16)20-17(18)19-11-12-23(21)13-14-5-3-2-4-6-14;/h2-10H,11-13H2,1H3,(H3,18,19,20);1H. The van der Waals surface area contributed by atoms with Gasteiger partial charge in [-0.1, -0.05) is 30.3 Å². The van der Waals surface area contributed by atoms with Gasteiger partial charge < -0.3 is 15.8 Å². The number of benzene rings is 2. The Hall–Kier alpha value is -1.61. The molecule has 0 bridgehead atoms. The van der Waals surface area contributed by atoms with Gasteiger partial charge in [0.05, 0.1) is 13.7 Å². The van der Waals surface area contributed by atoms with Gasteiger partial charge in [-0.3, -0.25) is 9.20 Å². The number of aliphatic imine (C=N–C) groups is 1. The monoisotopic (exact) mass is 459 g/mol. The van der Waals surface area contributed by atoms with Gasteiger partial charge in [0, 0.05) is 28.0 Å². The van der Waals surface area contributed by atoms with Crippen LogP contribution < -0.4 is 15.8 Å².